The van der Waals surface area contributed by atoms with Crippen LogP contribution < -0.4 is 17.0 Å². The molecule has 0 aliphatic carbocycles. The highest BCUT2D eigenvalue weighted by atomic mass is 31.2. The van der Waals surface area contributed by atoms with E-state index in [1.165, 1.54) is 7.11 Å². The Hall–Kier alpha value is -3.73. The summed E-state index contributed by atoms with van der Waals surface area (Å²) >= 11 is 0. The molecule has 0 aromatic carbocycles. The molecule has 4 aromatic rings. The van der Waals surface area contributed by atoms with Crippen LogP contribution in [-0.4, -0.2) is 105 Å². The normalized spacial score (nSPS) is 30.8. The van der Waals surface area contributed by atoms with E-state index < -0.39 is 75.4 Å². The summed E-state index contributed by atoms with van der Waals surface area (Å²) in [5.74, 6) is -0.575. The Labute approximate surface area is 236 Å². The summed E-state index contributed by atoms with van der Waals surface area (Å²) in [6, 6.07) is 0. The van der Waals surface area contributed by atoms with Gasteiger partial charge < -0.3 is 40.8 Å². The summed E-state index contributed by atoms with van der Waals surface area (Å²) in [5.41, 5.74) is 10.0. The third-order valence-corrected chi connectivity index (χ3v) is 7.76. The number of aromatic nitrogens is 8. The predicted octanol–water partition coefficient (Wildman–Crippen LogP) is -1.78. The first-order valence-electron chi connectivity index (χ1n) is 12.3. The fourth-order valence-corrected chi connectivity index (χ4v) is 5.73. The third-order valence-electron chi connectivity index (χ3n) is 6.77. The van der Waals surface area contributed by atoms with Gasteiger partial charge in [0.2, 0.25) is 5.95 Å². The molecule has 20 nitrogen and oxygen atoms in total. The number of phosphoric acid groups is 1. The number of anilines is 2. The number of aromatic amines is 1. The summed E-state index contributed by atoms with van der Waals surface area (Å²) in [5, 5.41) is 21.1. The summed E-state index contributed by atoms with van der Waals surface area (Å²) < 4.78 is 70.2. The highest BCUT2D eigenvalue weighted by Crippen LogP contribution is 2.50. The van der Waals surface area contributed by atoms with Gasteiger partial charge >= 0.3 is 13.9 Å². The van der Waals surface area contributed by atoms with Gasteiger partial charge in [-0.1, -0.05) is 0 Å². The van der Waals surface area contributed by atoms with Crippen molar-refractivity contribution in [1.82, 2.24) is 39.0 Å². The number of ether oxygens (including phenoxy) is 3. The van der Waals surface area contributed by atoms with E-state index in [2.05, 4.69) is 29.9 Å². The van der Waals surface area contributed by atoms with E-state index >= 15 is 4.39 Å². The van der Waals surface area contributed by atoms with Gasteiger partial charge in [0.1, 0.15) is 24.4 Å². The number of nitrogens with two attached hydrogens (primary N) is 2. The molecule has 0 spiro atoms. The molecule has 0 bridgehead atoms. The molecule has 0 radical (unpaired) electrons. The maximum atomic E-state index is 15.1. The predicted molar refractivity (Wildman–Crippen MR) is 135 cm³/mol. The van der Waals surface area contributed by atoms with Crippen LogP contribution in [0.2, 0.25) is 0 Å². The molecule has 4 aromatic heterocycles. The summed E-state index contributed by atoms with van der Waals surface area (Å²) in [6.45, 7) is -0.881. The molecular formula is C20H23F2N10O10P. The quantitative estimate of drug-likeness (QED) is 0.0925. The maximum absolute atomic E-state index is 15.1. The molecule has 43 heavy (non-hydrogen) atoms. The van der Waals surface area contributed by atoms with Gasteiger partial charge in [-0.15, -0.1) is 0 Å². The Morgan fingerprint density at radius 3 is 2.47 bits per heavy atom. The second kappa shape index (κ2) is 10.8. The van der Waals surface area contributed by atoms with Gasteiger partial charge in [-0.05, 0) is 0 Å². The van der Waals surface area contributed by atoms with Gasteiger partial charge in [0.05, 0.1) is 19.3 Å². The molecule has 232 valence electrons. The third kappa shape index (κ3) is 5.11. The molecule has 23 heteroatoms. The SMILES string of the molecule is CO[C@H]1O[C@@H](n2cnc3c(=O)[nH]c(N)nc32)C(OP(=O)(O)OC[C@H]2O[C@@H](n3cnc4c(N)nc(F)nc43)C(F)C2O)C1O. The van der Waals surface area contributed by atoms with Crippen molar-refractivity contribution >= 4 is 41.9 Å². The molecule has 6 heterocycles. The van der Waals surface area contributed by atoms with Crippen molar-refractivity contribution in [2.45, 2.75) is 49.3 Å². The number of imidazole rings is 2. The first-order chi connectivity index (χ1) is 20.4. The number of nitrogens with zero attached hydrogens (tertiary/aromatic N) is 7. The van der Waals surface area contributed by atoms with Crippen molar-refractivity contribution in [2.24, 2.45) is 0 Å². The molecule has 2 saturated heterocycles. The van der Waals surface area contributed by atoms with E-state index in [1.54, 1.807) is 0 Å². The van der Waals surface area contributed by atoms with E-state index in [0.29, 0.717) is 0 Å². The molecule has 2 aliphatic rings. The molecule has 5 unspecified atom stereocenters. The lowest BCUT2D eigenvalue weighted by Crippen LogP contribution is -2.35. The first-order valence-corrected chi connectivity index (χ1v) is 13.8. The lowest BCUT2D eigenvalue weighted by Gasteiger charge is -2.24. The van der Waals surface area contributed by atoms with Crippen LogP contribution in [0.25, 0.3) is 22.3 Å². The number of nitrogens with one attached hydrogen (secondary N) is 1. The van der Waals surface area contributed by atoms with E-state index in [9.17, 15) is 28.9 Å². The average molecular weight is 632 g/mol. The van der Waals surface area contributed by atoms with Crippen molar-refractivity contribution in [2.75, 3.05) is 25.2 Å². The molecule has 2 aliphatic heterocycles. The van der Waals surface area contributed by atoms with Crippen molar-refractivity contribution < 1.29 is 51.7 Å². The van der Waals surface area contributed by atoms with Crippen LogP contribution >= 0.6 is 7.82 Å². The smallest absolute Gasteiger partial charge is 0.387 e. The zero-order chi connectivity index (χ0) is 30.8. The number of phosphoric ester groups is 1. The average Bonchev–Trinajstić information content (AvgIpc) is 3.69. The first kappa shape index (κ1) is 29.3. The number of aliphatic hydroxyl groups is 2. The molecule has 0 amide bonds. The number of halogens is 2. The number of methoxy groups -OCH3 is 1. The zero-order valence-corrected chi connectivity index (χ0v) is 22.6. The Morgan fingerprint density at radius 1 is 1.07 bits per heavy atom. The number of hydrogen-bond donors (Lipinski definition) is 6. The monoisotopic (exact) mass is 632 g/mol. The molecule has 6 rings (SSSR count). The molecule has 9 atom stereocenters. The van der Waals surface area contributed by atoms with Crippen molar-refractivity contribution in [3.8, 4) is 0 Å². The Morgan fingerprint density at radius 2 is 1.74 bits per heavy atom. The number of fused-ring (bicyclic) bond motifs is 2. The largest absolute Gasteiger partial charge is 0.472 e. The Bertz CT molecular complexity index is 1790. The lowest BCUT2D eigenvalue weighted by atomic mass is 10.1. The van der Waals surface area contributed by atoms with Gasteiger partial charge in [-0.2, -0.15) is 19.3 Å². The van der Waals surface area contributed by atoms with Crippen LogP contribution in [0.1, 0.15) is 12.5 Å². The minimum atomic E-state index is -5.13. The van der Waals surface area contributed by atoms with E-state index in [1.807, 2.05) is 0 Å². The maximum Gasteiger partial charge on any atom is 0.472 e. The number of hydrogen-bond acceptors (Lipinski definition) is 16. The van der Waals surface area contributed by atoms with Gasteiger partial charge in [-0.25, -0.2) is 18.9 Å². The highest BCUT2D eigenvalue weighted by molar-refractivity contribution is 7.47. The number of alkyl halides is 1. The van der Waals surface area contributed by atoms with Crippen LogP contribution in [-0.2, 0) is 27.8 Å². The highest BCUT2D eigenvalue weighted by Gasteiger charge is 2.51. The van der Waals surface area contributed by atoms with Gasteiger partial charge in [-0.3, -0.25) is 28.0 Å². The fraction of sp³-hybridized carbons (Fsp3) is 0.500. The van der Waals surface area contributed by atoms with Gasteiger partial charge in [0, 0.05) is 7.11 Å². The van der Waals surface area contributed by atoms with Crippen LogP contribution in [0.15, 0.2) is 17.4 Å². The summed E-state index contributed by atoms with van der Waals surface area (Å²) in [6.07, 6.45) is -12.4. The summed E-state index contributed by atoms with van der Waals surface area (Å²) in [7, 11) is -3.94. The fourth-order valence-electron chi connectivity index (χ4n) is 4.80. The van der Waals surface area contributed by atoms with Crippen molar-refractivity contribution in [3.63, 3.8) is 0 Å². The summed E-state index contributed by atoms with van der Waals surface area (Å²) in [4.78, 5) is 43.6. The number of aliphatic hydroxyl groups excluding tert-OH is 2. The second-order valence-corrected chi connectivity index (χ2v) is 10.8. The molecular weight excluding hydrogens is 609 g/mol. The van der Waals surface area contributed by atoms with Crippen LogP contribution in [0.4, 0.5) is 20.5 Å². The van der Waals surface area contributed by atoms with E-state index in [0.717, 1.165) is 21.8 Å². The van der Waals surface area contributed by atoms with Crippen LogP contribution in [0, 0.1) is 6.08 Å². The zero-order valence-electron chi connectivity index (χ0n) is 21.7. The Balaban J connectivity index is 1.19. The molecule has 2 fully saturated rings. The minimum absolute atomic E-state index is 0.0472. The van der Waals surface area contributed by atoms with Crippen molar-refractivity contribution in [3.05, 3.63) is 29.1 Å². The standard InChI is InChI=1S/C20H23F2N10O10P/c1-38-18-10(34)11(17(41-18)32-4-26-8-14(32)29-20(24)30-15(8)35)42-43(36,37)39-2-5-9(33)6(21)16(40-5)31-3-25-7-12(23)27-19(22)28-13(7)31/h3-6,9-11,16-18,33-34H,2H2,1H3,(H,36,37)(H2,23,27,28)(H3,24,29,30,35)/t5-,6?,9?,10?,11?,16-,17-,18+/m1/s1. The van der Waals surface area contributed by atoms with Crippen LogP contribution in [0.3, 0.4) is 0 Å². The Kier molecular flexibility index (Phi) is 7.35. The van der Waals surface area contributed by atoms with E-state index in [-0.39, 0.29) is 34.1 Å². The molecule has 0 saturated carbocycles. The minimum Gasteiger partial charge on any atom is -0.387 e. The number of H-pyrrole nitrogens is 1. The topological polar surface area (TPSA) is 283 Å². The lowest BCUT2D eigenvalue weighted by molar-refractivity contribution is -0.160. The van der Waals surface area contributed by atoms with Crippen molar-refractivity contribution in [1.29, 1.82) is 0 Å². The van der Waals surface area contributed by atoms with Crippen LogP contribution in [0.5, 0.6) is 0 Å². The number of rotatable bonds is 8. The number of nitrogen functional groups attached to an aromatic ring is 2. The van der Waals surface area contributed by atoms with Gasteiger partial charge in [0.25, 0.3) is 5.56 Å². The van der Waals surface area contributed by atoms with Gasteiger partial charge in [0.15, 0.2) is 53.1 Å². The van der Waals surface area contributed by atoms with E-state index in [4.69, 9.17) is 34.7 Å². The second-order valence-electron chi connectivity index (χ2n) is 9.43. The molecule has 8 N–H and O–H groups in total.